The SMILES string of the molecule is C#CC1(NC(=O)OC(C)(C)C)CCCC(C)(C)C1. The second-order valence-corrected chi connectivity index (χ2v) is 7.05. The summed E-state index contributed by atoms with van der Waals surface area (Å²) in [6, 6.07) is 0. The molecule has 1 fully saturated rings. The predicted molar refractivity (Wildman–Crippen MR) is 73.2 cm³/mol. The van der Waals surface area contributed by atoms with E-state index < -0.39 is 17.2 Å². The molecular formula is C15H25NO2. The van der Waals surface area contributed by atoms with Crippen molar-refractivity contribution in [3.63, 3.8) is 0 Å². The molecule has 1 amide bonds. The minimum absolute atomic E-state index is 0.166. The van der Waals surface area contributed by atoms with Crippen LogP contribution < -0.4 is 5.32 Å². The van der Waals surface area contributed by atoms with E-state index >= 15 is 0 Å². The van der Waals surface area contributed by atoms with Crippen molar-refractivity contribution in [2.45, 2.75) is 71.4 Å². The maximum absolute atomic E-state index is 11.9. The molecule has 18 heavy (non-hydrogen) atoms. The summed E-state index contributed by atoms with van der Waals surface area (Å²) in [6.45, 7) is 9.92. The molecule has 0 spiro atoms. The molecular weight excluding hydrogens is 226 g/mol. The average molecular weight is 251 g/mol. The highest BCUT2D eigenvalue weighted by atomic mass is 16.6. The summed E-state index contributed by atoms with van der Waals surface area (Å²) in [4.78, 5) is 11.9. The quantitative estimate of drug-likeness (QED) is 0.724. The van der Waals surface area contributed by atoms with Crippen molar-refractivity contribution in [1.29, 1.82) is 0 Å². The van der Waals surface area contributed by atoms with Gasteiger partial charge in [0.25, 0.3) is 0 Å². The van der Waals surface area contributed by atoms with Gasteiger partial charge < -0.3 is 10.1 Å². The van der Waals surface area contributed by atoms with E-state index in [1.165, 1.54) is 0 Å². The molecule has 0 aromatic carbocycles. The summed E-state index contributed by atoms with van der Waals surface area (Å²) in [5, 5.41) is 2.90. The molecule has 0 bridgehead atoms. The molecule has 0 aromatic rings. The van der Waals surface area contributed by atoms with E-state index in [0.717, 1.165) is 25.7 Å². The largest absolute Gasteiger partial charge is 0.444 e. The van der Waals surface area contributed by atoms with Crippen molar-refractivity contribution < 1.29 is 9.53 Å². The molecule has 1 saturated carbocycles. The Morgan fingerprint density at radius 1 is 1.33 bits per heavy atom. The molecule has 0 radical (unpaired) electrons. The second kappa shape index (κ2) is 4.84. The van der Waals surface area contributed by atoms with Gasteiger partial charge in [-0.1, -0.05) is 19.8 Å². The van der Waals surface area contributed by atoms with Crippen molar-refractivity contribution in [2.75, 3.05) is 0 Å². The Morgan fingerprint density at radius 3 is 2.39 bits per heavy atom. The zero-order chi connectivity index (χ0) is 14.0. The summed E-state index contributed by atoms with van der Waals surface area (Å²) in [7, 11) is 0. The van der Waals surface area contributed by atoms with Gasteiger partial charge in [-0.15, -0.1) is 6.42 Å². The maximum atomic E-state index is 11.9. The Balaban J connectivity index is 2.73. The monoisotopic (exact) mass is 251 g/mol. The van der Waals surface area contributed by atoms with Gasteiger partial charge >= 0.3 is 6.09 Å². The molecule has 0 saturated heterocycles. The van der Waals surface area contributed by atoms with E-state index in [9.17, 15) is 4.79 Å². The molecule has 1 atom stereocenters. The molecule has 0 heterocycles. The fourth-order valence-electron chi connectivity index (χ4n) is 2.63. The highest BCUT2D eigenvalue weighted by molar-refractivity contribution is 5.69. The van der Waals surface area contributed by atoms with Crippen LogP contribution in [-0.2, 0) is 4.74 Å². The van der Waals surface area contributed by atoms with Crippen LogP contribution in [0, 0.1) is 17.8 Å². The molecule has 1 unspecified atom stereocenters. The lowest BCUT2D eigenvalue weighted by atomic mass is 9.68. The predicted octanol–water partition coefficient (Wildman–Crippen LogP) is 3.48. The fourth-order valence-corrected chi connectivity index (χ4v) is 2.63. The number of nitrogens with one attached hydrogen (secondary N) is 1. The first kappa shape index (κ1) is 14.9. The van der Waals surface area contributed by atoms with Crippen molar-refractivity contribution in [3.05, 3.63) is 0 Å². The van der Waals surface area contributed by atoms with Gasteiger partial charge in [0.1, 0.15) is 11.1 Å². The lowest BCUT2D eigenvalue weighted by Gasteiger charge is -2.42. The topological polar surface area (TPSA) is 38.3 Å². The first-order chi connectivity index (χ1) is 8.08. The van der Waals surface area contributed by atoms with Crippen LogP contribution in [-0.4, -0.2) is 17.2 Å². The van der Waals surface area contributed by atoms with Gasteiger partial charge in [0.15, 0.2) is 0 Å². The number of amides is 1. The van der Waals surface area contributed by atoms with E-state index in [0.29, 0.717) is 0 Å². The van der Waals surface area contributed by atoms with Crippen LogP contribution in [0.1, 0.15) is 60.3 Å². The summed E-state index contributed by atoms with van der Waals surface area (Å²) in [5.74, 6) is 2.78. The second-order valence-electron chi connectivity index (χ2n) is 7.05. The zero-order valence-electron chi connectivity index (χ0n) is 12.2. The average Bonchev–Trinajstić information content (AvgIpc) is 2.12. The Labute approximate surface area is 111 Å². The minimum atomic E-state index is -0.552. The Hall–Kier alpha value is -1.17. The summed E-state index contributed by atoms with van der Waals surface area (Å²) in [6.07, 6.45) is 9.04. The third-order valence-electron chi connectivity index (χ3n) is 3.25. The summed E-state index contributed by atoms with van der Waals surface area (Å²) in [5.41, 5.74) is -0.881. The first-order valence-electron chi connectivity index (χ1n) is 6.57. The molecule has 3 nitrogen and oxygen atoms in total. The number of alkyl carbamates (subject to hydrolysis) is 1. The van der Waals surface area contributed by atoms with Gasteiger partial charge in [0.2, 0.25) is 0 Å². The van der Waals surface area contributed by atoms with Crippen molar-refractivity contribution >= 4 is 6.09 Å². The summed E-state index contributed by atoms with van der Waals surface area (Å²) < 4.78 is 5.29. The van der Waals surface area contributed by atoms with Crippen molar-refractivity contribution in [1.82, 2.24) is 5.32 Å². The molecule has 3 heteroatoms. The number of terminal acetylenes is 1. The van der Waals surface area contributed by atoms with Crippen LogP contribution >= 0.6 is 0 Å². The molecule has 1 N–H and O–H groups in total. The molecule has 0 aliphatic heterocycles. The lowest BCUT2D eigenvalue weighted by Crippen LogP contribution is -2.53. The van der Waals surface area contributed by atoms with E-state index in [1.807, 2.05) is 20.8 Å². The summed E-state index contributed by atoms with van der Waals surface area (Å²) >= 11 is 0. The fraction of sp³-hybridized carbons (Fsp3) is 0.800. The van der Waals surface area contributed by atoms with Gasteiger partial charge in [-0.2, -0.15) is 0 Å². The van der Waals surface area contributed by atoms with Crippen LogP contribution in [0.15, 0.2) is 0 Å². The van der Waals surface area contributed by atoms with Gasteiger partial charge in [-0.3, -0.25) is 0 Å². The van der Waals surface area contributed by atoms with Crippen LogP contribution in [0.4, 0.5) is 4.79 Å². The van der Waals surface area contributed by atoms with Gasteiger partial charge in [0, 0.05) is 0 Å². The number of carbonyl (C=O) groups excluding carboxylic acids is 1. The van der Waals surface area contributed by atoms with Crippen LogP contribution in [0.25, 0.3) is 0 Å². The van der Waals surface area contributed by atoms with Crippen molar-refractivity contribution in [2.24, 2.45) is 5.41 Å². The number of hydrogen-bond donors (Lipinski definition) is 1. The normalized spacial score (nSPS) is 27.1. The van der Waals surface area contributed by atoms with Gasteiger partial charge in [0.05, 0.1) is 0 Å². The molecule has 1 aliphatic carbocycles. The number of carbonyl (C=O) groups is 1. The number of ether oxygens (including phenoxy) is 1. The first-order valence-corrected chi connectivity index (χ1v) is 6.57. The van der Waals surface area contributed by atoms with Crippen molar-refractivity contribution in [3.8, 4) is 12.3 Å². The minimum Gasteiger partial charge on any atom is -0.444 e. The highest BCUT2D eigenvalue weighted by Crippen LogP contribution is 2.40. The van der Waals surface area contributed by atoms with Crippen LogP contribution in [0.3, 0.4) is 0 Å². The lowest BCUT2D eigenvalue weighted by molar-refractivity contribution is 0.0422. The Bertz CT molecular complexity index is 360. The zero-order valence-corrected chi connectivity index (χ0v) is 12.2. The van der Waals surface area contributed by atoms with Crippen LogP contribution in [0.2, 0.25) is 0 Å². The molecule has 1 aliphatic rings. The third-order valence-corrected chi connectivity index (χ3v) is 3.25. The molecule has 0 aromatic heterocycles. The van der Waals surface area contributed by atoms with Gasteiger partial charge in [-0.25, -0.2) is 4.79 Å². The molecule has 1 rings (SSSR count). The standard InChI is InChI=1S/C15H25NO2/c1-7-15(10-8-9-14(5,6)11-15)16-12(17)18-13(2,3)4/h1H,8-11H2,2-6H3,(H,16,17). The Morgan fingerprint density at radius 2 is 1.94 bits per heavy atom. The third kappa shape index (κ3) is 4.25. The highest BCUT2D eigenvalue weighted by Gasteiger charge is 2.40. The smallest absolute Gasteiger partial charge is 0.408 e. The van der Waals surface area contributed by atoms with Crippen LogP contribution in [0.5, 0.6) is 0 Å². The van der Waals surface area contributed by atoms with E-state index in [4.69, 9.17) is 11.2 Å². The number of rotatable bonds is 1. The van der Waals surface area contributed by atoms with E-state index in [1.54, 1.807) is 0 Å². The Kier molecular flexibility index (Phi) is 4.00. The number of hydrogen-bond acceptors (Lipinski definition) is 2. The van der Waals surface area contributed by atoms with E-state index in [-0.39, 0.29) is 5.41 Å². The van der Waals surface area contributed by atoms with Gasteiger partial charge in [-0.05, 0) is 51.9 Å². The maximum Gasteiger partial charge on any atom is 0.408 e. The molecule has 102 valence electrons. The van der Waals surface area contributed by atoms with E-state index in [2.05, 4.69) is 25.1 Å².